The minimum atomic E-state index is -0.543. The zero-order valence-electron chi connectivity index (χ0n) is 29.0. The highest BCUT2D eigenvalue weighted by Crippen LogP contribution is 2.64. The number of carbonyl (C=O) groups is 1. The highest BCUT2D eigenvalue weighted by atomic mass is 16.1. The Labute approximate surface area is 308 Å². The van der Waals surface area contributed by atoms with Crippen LogP contribution in [0.5, 0.6) is 0 Å². The minimum Gasteiger partial charge on any atom is -0.288 e. The summed E-state index contributed by atoms with van der Waals surface area (Å²) in [5.74, 6) is -0.0422. The van der Waals surface area contributed by atoms with E-state index in [4.69, 9.17) is 0 Å². The van der Waals surface area contributed by atoms with Gasteiger partial charge in [-0.3, -0.25) is 4.79 Å². The topological polar surface area (TPSA) is 17.1 Å². The van der Waals surface area contributed by atoms with Crippen LogP contribution in [0.4, 0.5) is 0 Å². The second-order valence-corrected chi connectivity index (χ2v) is 15.0. The molecule has 0 bridgehead atoms. The Hall–Kier alpha value is -6.75. The van der Waals surface area contributed by atoms with Gasteiger partial charge in [-0.1, -0.05) is 169 Å². The largest absolute Gasteiger partial charge is 0.288 e. The van der Waals surface area contributed by atoms with E-state index < -0.39 is 10.8 Å². The van der Waals surface area contributed by atoms with Gasteiger partial charge in [0.25, 0.3) is 0 Å². The van der Waals surface area contributed by atoms with Crippen LogP contribution in [0.15, 0.2) is 164 Å². The molecule has 53 heavy (non-hydrogen) atoms. The Morgan fingerprint density at radius 3 is 1.36 bits per heavy atom. The molecule has 1 heteroatoms. The van der Waals surface area contributed by atoms with E-state index in [1.165, 1.54) is 72.3 Å². The Kier molecular flexibility index (Phi) is 5.44. The molecule has 0 atom stereocenters. The molecule has 0 aromatic heterocycles. The van der Waals surface area contributed by atoms with Crippen molar-refractivity contribution in [1.82, 2.24) is 0 Å². The summed E-state index contributed by atoms with van der Waals surface area (Å²) in [7, 11) is 0. The monoisotopic (exact) mass is 670 g/mol. The van der Waals surface area contributed by atoms with Gasteiger partial charge in [0.15, 0.2) is 0 Å². The third kappa shape index (κ3) is 3.34. The first-order chi connectivity index (χ1) is 26.1. The second-order valence-electron chi connectivity index (χ2n) is 15.0. The van der Waals surface area contributed by atoms with Crippen LogP contribution < -0.4 is 0 Å². The Bertz CT molecular complexity index is 2830. The fourth-order valence-electron chi connectivity index (χ4n) is 10.6. The van der Waals surface area contributed by atoms with Crippen molar-refractivity contribution in [2.45, 2.75) is 17.8 Å². The van der Waals surface area contributed by atoms with Crippen molar-refractivity contribution in [2.24, 2.45) is 0 Å². The maximum atomic E-state index is 15.0. The predicted octanol–water partition coefficient (Wildman–Crippen LogP) is 11.5. The molecule has 8 aromatic carbocycles. The summed E-state index contributed by atoms with van der Waals surface area (Å²) < 4.78 is 0. The van der Waals surface area contributed by atoms with Crippen LogP contribution in [-0.2, 0) is 10.8 Å². The molecule has 0 radical (unpaired) electrons. The Morgan fingerprint density at radius 1 is 0.396 bits per heavy atom. The first-order valence-electron chi connectivity index (χ1n) is 18.4. The van der Waals surface area contributed by atoms with Crippen molar-refractivity contribution in [3.63, 3.8) is 0 Å². The molecule has 0 fully saturated rings. The molecule has 0 saturated heterocycles. The average molecular weight is 671 g/mol. The number of ketones is 1. The molecule has 0 heterocycles. The first kappa shape index (κ1) is 28.9. The van der Waals surface area contributed by atoms with Crippen molar-refractivity contribution in [1.29, 1.82) is 0 Å². The normalized spacial score (nSPS) is 14.7. The molecule has 0 saturated carbocycles. The molecule has 0 N–H and O–H groups in total. The summed E-state index contributed by atoms with van der Waals surface area (Å²) in [6, 6.07) is 66.0. The third-order valence-electron chi connectivity index (χ3n) is 12.6. The molecule has 8 aromatic rings. The number of hydrogen-bond donors (Lipinski definition) is 0. The number of fused-ring (bicyclic) bond motifs is 20. The van der Waals surface area contributed by atoms with Gasteiger partial charge >= 0.3 is 0 Å². The standard InChI is InChI=1S/C52H30O/c1-31-22-25-39-41-27-24-33(30-49(41)52(47(39)28-31)45-20-10-4-14-36(45)37-15-5-11-21-46(37)52)50(53)32-23-26-40-38-16-6-9-19-44(38)51(48(40)29-32)42-17-7-2-12-34(42)35-13-3-8-18-43(35)51/h2-22,24-25,27-30H,1H3. The molecule has 4 aliphatic rings. The first-order valence-corrected chi connectivity index (χ1v) is 18.4. The van der Waals surface area contributed by atoms with Crippen molar-refractivity contribution in [2.75, 3.05) is 0 Å². The fraction of sp³-hybridized carbons (Fsp3) is 0.0577. The van der Waals surface area contributed by atoms with Crippen LogP contribution in [0.2, 0.25) is 0 Å². The quantitative estimate of drug-likeness (QED) is 0.167. The van der Waals surface area contributed by atoms with Gasteiger partial charge in [0.1, 0.15) is 0 Å². The van der Waals surface area contributed by atoms with Gasteiger partial charge in [0.05, 0.1) is 16.4 Å². The Balaban J connectivity index is 1.08. The van der Waals surface area contributed by atoms with Crippen molar-refractivity contribution in [3.8, 4) is 44.5 Å². The van der Waals surface area contributed by atoms with E-state index in [9.17, 15) is 4.79 Å². The zero-order chi connectivity index (χ0) is 35.1. The highest BCUT2D eigenvalue weighted by molar-refractivity contribution is 6.10. The Morgan fingerprint density at radius 2 is 0.811 bits per heavy atom. The summed E-state index contributed by atoms with van der Waals surface area (Å²) in [5, 5.41) is 0. The molecule has 244 valence electrons. The van der Waals surface area contributed by atoms with Crippen molar-refractivity contribution in [3.05, 3.63) is 237 Å². The van der Waals surface area contributed by atoms with Gasteiger partial charge in [-0.25, -0.2) is 0 Å². The van der Waals surface area contributed by atoms with Crippen LogP contribution in [0, 0.1) is 19.1 Å². The summed E-state index contributed by atoms with van der Waals surface area (Å²) in [6.07, 6.45) is 0. The van der Waals surface area contributed by atoms with Crippen LogP contribution in [0.3, 0.4) is 0 Å². The van der Waals surface area contributed by atoms with Gasteiger partial charge < -0.3 is 0 Å². The number of rotatable bonds is 2. The predicted molar refractivity (Wildman–Crippen MR) is 211 cm³/mol. The van der Waals surface area contributed by atoms with Crippen LogP contribution >= 0.6 is 0 Å². The molecule has 0 aliphatic heterocycles. The second kappa shape index (κ2) is 9.97. The van der Waals surface area contributed by atoms with E-state index in [0.717, 1.165) is 22.3 Å². The molecule has 0 amide bonds. The zero-order valence-corrected chi connectivity index (χ0v) is 29.0. The lowest BCUT2D eigenvalue weighted by Gasteiger charge is -2.31. The van der Waals surface area contributed by atoms with Gasteiger partial charge in [0.2, 0.25) is 5.78 Å². The smallest absolute Gasteiger partial charge is 0.201 e. The fourth-order valence-corrected chi connectivity index (χ4v) is 10.6. The van der Waals surface area contributed by atoms with E-state index in [-0.39, 0.29) is 5.78 Å². The lowest BCUT2D eigenvalue weighted by molar-refractivity contribution is 0.103. The average Bonchev–Trinajstić information content (AvgIpc) is 3.89. The minimum absolute atomic E-state index is 0.0422. The van der Waals surface area contributed by atoms with Gasteiger partial charge in [-0.05, 0) is 103 Å². The molecule has 4 aliphatic carbocycles. The molecule has 0 unspecified atom stereocenters. The maximum Gasteiger partial charge on any atom is 0.201 e. The molecule has 12 rings (SSSR count). The van der Waals surface area contributed by atoms with Crippen LogP contribution in [0.25, 0.3) is 44.5 Å². The number of aryl methyl sites for hydroxylation is 1. The maximum absolute atomic E-state index is 15.0. The number of benzene rings is 7. The summed E-state index contributed by atoms with van der Waals surface area (Å²) in [4.78, 5) is 15.0. The van der Waals surface area contributed by atoms with Gasteiger partial charge in [0, 0.05) is 11.1 Å². The number of carbonyl (C=O) groups excluding carboxylic acids is 1. The van der Waals surface area contributed by atoms with Gasteiger partial charge in [-0.15, -0.1) is 0 Å². The summed E-state index contributed by atoms with van der Waals surface area (Å²) >= 11 is 0. The SMILES string of the molecule is Cc1ccc2c(c1)C1(c3ccccc3-c3ccccc31)c1cc(C(=O)c3c#cc4c(c3)C3(c5ccccc5-4)c4ccccc4-c4ccccc43)ccc1-2. The van der Waals surface area contributed by atoms with E-state index in [2.05, 4.69) is 177 Å². The van der Waals surface area contributed by atoms with E-state index in [1.807, 2.05) is 6.07 Å². The third-order valence-corrected chi connectivity index (χ3v) is 12.6. The van der Waals surface area contributed by atoms with Crippen molar-refractivity contribution >= 4 is 5.78 Å². The van der Waals surface area contributed by atoms with Crippen LogP contribution in [-0.4, -0.2) is 5.78 Å². The summed E-state index contributed by atoms with van der Waals surface area (Å²) in [5.41, 5.74) is 20.7. The summed E-state index contributed by atoms with van der Waals surface area (Å²) in [6.45, 7) is 2.17. The highest BCUT2D eigenvalue weighted by Gasteiger charge is 2.53. The molecular formula is C52H30O. The lowest BCUT2D eigenvalue weighted by atomic mass is 9.70. The van der Waals surface area contributed by atoms with Crippen molar-refractivity contribution < 1.29 is 4.79 Å². The van der Waals surface area contributed by atoms with E-state index in [1.54, 1.807) is 0 Å². The van der Waals surface area contributed by atoms with Crippen LogP contribution in [0.1, 0.15) is 66.0 Å². The lowest BCUT2D eigenvalue weighted by Crippen LogP contribution is -2.26. The molecule has 2 spiro atoms. The molecular weight excluding hydrogens is 641 g/mol. The van der Waals surface area contributed by atoms with E-state index >= 15 is 0 Å². The number of hydrogen-bond acceptors (Lipinski definition) is 1. The van der Waals surface area contributed by atoms with Gasteiger partial charge in [-0.2, -0.15) is 0 Å². The van der Waals surface area contributed by atoms with E-state index in [0.29, 0.717) is 11.1 Å². The molecule has 1 nitrogen and oxygen atoms in total.